The zero-order chi connectivity index (χ0) is 17.4. The van der Waals surface area contributed by atoms with Crippen molar-refractivity contribution in [3.63, 3.8) is 0 Å². The number of benzene rings is 2. The maximum Gasteiger partial charge on any atom is 0.123 e. The van der Waals surface area contributed by atoms with E-state index in [-0.39, 0.29) is 11.9 Å². The quantitative estimate of drug-likeness (QED) is 0.777. The highest BCUT2D eigenvalue weighted by molar-refractivity contribution is 6.31. The first-order chi connectivity index (χ1) is 12.1. The summed E-state index contributed by atoms with van der Waals surface area (Å²) in [6, 6.07) is 12.8. The number of aromatic nitrogens is 2. The van der Waals surface area contributed by atoms with Gasteiger partial charge in [-0.15, -0.1) is 0 Å². The van der Waals surface area contributed by atoms with Crippen LogP contribution in [0.1, 0.15) is 17.4 Å². The summed E-state index contributed by atoms with van der Waals surface area (Å²) in [7, 11) is 2.03. The van der Waals surface area contributed by atoms with Gasteiger partial charge in [0.15, 0.2) is 0 Å². The molecule has 0 radical (unpaired) electrons. The molecular weight excluding hydrogens is 339 g/mol. The van der Waals surface area contributed by atoms with E-state index in [1.807, 2.05) is 31.3 Å². The second-order valence-electron chi connectivity index (χ2n) is 6.47. The smallest absolute Gasteiger partial charge is 0.123 e. The Morgan fingerprint density at radius 1 is 1.28 bits per heavy atom. The van der Waals surface area contributed by atoms with E-state index >= 15 is 0 Å². The van der Waals surface area contributed by atoms with Crippen molar-refractivity contribution in [1.82, 2.24) is 19.8 Å². The average Bonchev–Trinajstić information content (AvgIpc) is 2.90. The molecule has 1 atom stereocenters. The molecule has 1 saturated heterocycles. The van der Waals surface area contributed by atoms with Gasteiger partial charge in [-0.25, -0.2) is 9.37 Å². The van der Waals surface area contributed by atoms with E-state index in [9.17, 15) is 4.39 Å². The number of fused-ring (bicyclic) bond motifs is 1. The van der Waals surface area contributed by atoms with Crippen LogP contribution >= 0.6 is 11.6 Å². The zero-order valence-corrected chi connectivity index (χ0v) is 14.8. The normalized spacial score (nSPS) is 18.8. The Kier molecular flexibility index (Phi) is 4.46. The number of piperazine rings is 1. The van der Waals surface area contributed by atoms with Crippen molar-refractivity contribution in [3.05, 3.63) is 64.7 Å². The van der Waals surface area contributed by atoms with Gasteiger partial charge in [0, 0.05) is 37.7 Å². The Labute approximate surface area is 151 Å². The van der Waals surface area contributed by atoms with Crippen LogP contribution in [0.3, 0.4) is 0 Å². The lowest BCUT2D eigenvalue weighted by atomic mass is 10.0. The number of nitrogens with one attached hydrogen (secondary N) is 1. The third-order valence-electron chi connectivity index (χ3n) is 4.87. The first-order valence-electron chi connectivity index (χ1n) is 8.43. The molecule has 6 heteroatoms. The van der Waals surface area contributed by atoms with E-state index in [1.54, 1.807) is 12.1 Å². The lowest BCUT2D eigenvalue weighted by Gasteiger charge is -2.36. The molecule has 130 valence electrons. The zero-order valence-electron chi connectivity index (χ0n) is 14.0. The molecule has 0 bridgehead atoms. The van der Waals surface area contributed by atoms with Crippen molar-refractivity contribution in [2.45, 2.75) is 12.6 Å². The Bertz CT molecular complexity index is 908. The largest absolute Gasteiger partial charge is 0.330 e. The summed E-state index contributed by atoms with van der Waals surface area (Å²) in [5.74, 6) is 0.793. The fourth-order valence-electron chi connectivity index (χ4n) is 3.52. The van der Waals surface area contributed by atoms with Crippen LogP contribution in [-0.2, 0) is 13.6 Å². The van der Waals surface area contributed by atoms with E-state index in [4.69, 9.17) is 16.6 Å². The monoisotopic (exact) mass is 358 g/mol. The maximum absolute atomic E-state index is 13.6. The molecule has 0 aliphatic carbocycles. The van der Waals surface area contributed by atoms with Crippen molar-refractivity contribution >= 4 is 22.6 Å². The van der Waals surface area contributed by atoms with Gasteiger partial charge in [0.25, 0.3) is 0 Å². The molecule has 2 heterocycles. The van der Waals surface area contributed by atoms with Gasteiger partial charge >= 0.3 is 0 Å². The predicted octanol–water partition coefficient (Wildman–Crippen LogP) is 3.51. The predicted molar refractivity (Wildman–Crippen MR) is 98.1 cm³/mol. The average molecular weight is 359 g/mol. The lowest BCUT2D eigenvalue weighted by Crippen LogP contribution is -2.45. The van der Waals surface area contributed by atoms with Crippen LogP contribution in [0, 0.1) is 5.82 Å². The lowest BCUT2D eigenvalue weighted by molar-refractivity contribution is 0.148. The van der Waals surface area contributed by atoms with Gasteiger partial charge in [0.2, 0.25) is 0 Å². The van der Waals surface area contributed by atoms with Gasteiger partial charge in [-0.2, -0.15) is 0 Å². The molecule has 1 fully saturated rings. The van der Waals surface area contributed by atoms with Crippen LogP contribution in [0.25, 0.3) is 11.0 Å². The molecule has 25 heavy (non-hydrogen) atoms. The summed E-state index contributed by atoms with van der Waals surface area (Å²) in [5, 5.41) is 4.10. The molecule has 1 N–H and O–H groups in total. The standard InChI is InChI=1S/C19H20ClFN4/c1-24-17-6-5-14(20)10-16(17)23-19(24)12-25-8-7-22-11-18(25)13-3-2-4-15(21)9-13/h2-6,9-10,18,22H,7-8,11-12H2,1H3. The van der Waals surface area contributed by atoms with Crippen LogP contribution in [0.2, 0.25) is 5.02 Å². The topological polar surface area (TPSA) is 33.1 Å². The minimum atomic E-state index is -0.194. The van der Waals surface area contributed by atoms with Crippen LogP contribution in [0.4, 0.5) is 4.39 Å². The third kappa shape index (κ3) is 3.27. The van der Waals surface area contributed by atoms with Gasteiger partial charge in [-0.3, -0.25) is 4.90 Å². The Balaban J connectivity index is 1.65. The second kappa shape index (κ2) is 6.75. The van der Waals surface area contributed by atoms with Crippen LogP contribution in [0.5, 0.6) is 0 Å². The third-order valence-corrected chi connectivity index (χ3v) is 5.10. The first-order valence-corrected chi connectivity index (χ1v) is 8.81. The highest BCUT2D eigenvalue weighted by atomic mass is 35.5. The van der Waals surface area contributed by atoms with Crippen molar-refractivity contribution in [3.8, 4) is 0 Å². The second-order valence-corrected chi connectivity index (χ2v) is 6.90. The molecule has 2 aromatic carbocycles. The summed E-state index contributed by atoms with van der Waals surface area (Å²) in [6.07, 6.45) is 0. The molecular formula is C19H20ClFN4. The number of aryl methyl sites for hydroxylation is 1. The minimum absolute atomic E-state index is 0.132. The van der Waals surface area contributed by atoms with Crippen molar-refractivity contribution in [2.24, 2.45) is 7.05 Å². The molecule has 0 amide bonds. The number of nitrogens with zero attached hydrogens (tertiary/aromatic N) is 3. The number of halogens is 2. The van der Waals surface area contributed by atoms with Crippen molar-refractivity contribution in [1.29, 1.82) is 0 Å². The van der Waals surface area contributed by atoms with Crippen LogP contribution in [-0.4, -0.2) is 34.1 Å². The summed E-state index contributed by atoms with van der Waals surface area (Å²) in [5.41, 5.74) is 2.97. The molecule has 1 aliphatic rings. The molecule has 0 saturated carbocycles. The summed E-state index contributed by atoms with van der Waals surface area (Å²) < 4.78 is 15.8. The summed E-state index contributed by atoms with van der Waals surface area (Å²) in [4.78, 5) is 7.11. The summed E-state index contributed by atoms with van der Waals surface area (Å²) in [6.45, 7) is 3.33. The van der Waals surface area contributed by atoms with Gasteiger partial charge in [-0.05, 0) is 35.9 Å². The number of rotatable bonds is 3. The first kappa shape index (κ1) is 16.5. The molecule has 4 nitrogen and oxygen atoms in total. The molecule has 4 rings (SSSR count). The maximum atomic E-state index is 13.6. The van der Waals surface area contributed by atoms with Gasteiger partial charge < -0.3 is 9.88 Å². The molecule has 1 aromatic heterocycles. The van der Waals surface area contributed by atoms with Crippen LogP contribution in [0.15, 0.2) is 42.5 Å². The fourth-order valence-corrected chi connectivity index (χ4v) is 3.69. The Hall–Kier alpha value is -1.95. The Morgan fingerprint density at radius 2 is 2.16 bits per heavy atom. The number of hydrogen-bond acceptors (Lipinski definition) is 3. The Morgan fingerprint density at radius 3 is 3.00 bits per heavy atom. The number of hydrogen-bond donors (Lipinski definition) is 1. The molecule has 1 unspecified atom stereocenters. The molecule has 1 aliphatic heterocycles. The van der Waals surface area contributed by atoms with E-state index in [1.165, 1.54) is 6.07 Å². The van der Waals surface area contributed by atoms with Crippen molar-refractivity contribution < 1.29 is 4.39 Å². The van der Waals surface area contributed by atoms with Gasteiger partial charge in [-0.1, -0.05) is 23.7 Å². The van der Waals surface area contributed by atoms with Crippen molar-refractivity contribution in [2.75, 3.05) is 19.6 Å². The minimum Gasteiger partial charge on any atom is -0.330 e. The highest BCUT2D eigenvalue weighted by Gasteiger charge is 2.25. The number of imidazole rings is 1. The van der Waals surface area contributed by atoms with E-state index in [0.29, 0.717) is 11.6 Å². The van der Waals surface area contributed by atoms with E-state index in [2.05, 4.69) is 14.8 Å². The summed E-state index contributed by atoms with van der Waals surface area (Å²) >= 11 is 6.09. The van der Waals surface area contributed by atoms with Gasteiger partial charge in [0.05, 0.1) is 17.6 Å². The molecule has 0 spiro atoms. The van der Waals surface area contributed by atoms with E-state index < -0.39 is 0 Å². The molecule has 3 aromatic rings. The highest BCUT2D eigenvalue weighted by Crippen LogP contribution is 2.26. The van der Waals surface area contributed by atoms with E-state index in [0.717, 1.165) is 42.1 Å². The van der Waals surface area contributed by atoms with Gasteiger partial charge in [0.1, 0.15) is 11.6 Å². The SMILES string of the molecule is Cn1c(CN2CCNCC2c2cccc(F)c2)nc2cc(Cl)ccc21. The van der Waals surface area contributed by atoms with Crippen LogP contribution < -0.4 is 5.32 Å². The fraction of sp³-hybridized carbons (Fsp3) is 0.316.